The number of nitrogens with zero attached hydrogens (tertiary/aromatic N) is 3. The number of halogens is 2. The number of hydrogen-bond acceptors (Lipinski definition) is 6. The van der Waals surface area contributed by atoms with Crippen molar-refractivity contribution in [2.75, 3.05) is 48.6 Å². The van der Waals surface area contributed by atoms with Crippen LogP contribution >= 0.6 is 0 Å². The third kappa shape index (κ3) is 6.97. The van der Waals surface area contributed by atoms with Crippen LogP contribution in [-0.2, 0) is 16.4 Å². The van der Waals surface area contributed by atoms with Gasteiger partial charge in [-0.25, -0.2) is 12.8 Å². The van der Waals surface area contributed by atoms with Gasteiger partial charge >= 0.3 is 0 Å². The minimum atomic E-state index is -3.43. The molecule has 2 aliphatic rings. The highest BCUT2D eigenvalue weighted by Crippen LogP contribution is 2.40. The molecule has 4 rings (SSSR count). The van der Waals surface area contributed by atoms with Gasteiger partial charge in [-0.1, -0.05) is 6.07 Å². The maximum atomic E-state index is 14.9. The molecule has 2 atom stereocenters. The van der Waals surface area contributed by atoms with Gasteiger partial charge in [0, 0.05) is 37.9 Å². The summed E-state index contributed by atoms with van der Waals surface area (Å²) in [7, 11) is -3.43. The summed E-state index contributed by atoms with van der Waals surface area (Å²) in [4.78, 5) is 9.14. The molecule has 2 N–H and O–H groups in total. The zero-order chi connectivity index (χ0) is 26.8. The second-order valence-corrected chi connectivity index (χ2v) is 12.9. The molecule has 37 heavy (non-hydrogen) atoms. The molecule has 1 aromatic carbocycles. The molecule has 2 aliphatic heterocycles. The zero-order valence-electron chi connectivity index (χ0n) is 22.2. The third-order valence-corrected chi connectivity index (χ3v) is 8.37. The topological polar surface area (TPSA) is 77.6 Å². The van der Waals surface area contributed by atoms with E-state index in [0.29, 0.717) is 18.2 Å². The Balaban J connectivity index is 1.60. The molecule has 1 fully saturated rings. The summed E-state index contributed by atoms with van der Waals surface area (Å²) in [6, 6.07) is 9.66. The van der Waals surface area contributed by atoms with Crippen molar-refractivity contribution in [3.05, 3.63) is 53.3 Å². The fourth-order valence-electron chi connectivity index (χ4n) is 5.24. The molecule has 10 heteroatoms. The van der Waals surface area contributed by atoms with Crippen molar-refractivity contribution in [2.45, 2.75) is 64.3 Å². The van der Waals surface area contributed by atoms with E-state index in [-0.39, 0.29) is 31.1 Å². The van der Waals surface area contributed by atoms with E-state index in [0.717, 1.165) is 48.6 Å². The summed E-state index contributed by atoms with van der Waals surface area (Å²) < 4.78 is 54.4. The largest absolute Gasteiger partial charge is 0.378 e. The normalized spacial score (nSPS) is 21.4. The fourth-order valence-corrected chi connectivity index (χ4v) is 5.88. The second kappa shape index (κ2) is 11.2. The number of likely N-dealkylation sites (tertiary alicyclic amines) is 1. The number of benzene rings is 1. The lowest BCUT2D eigenvalue weighted by Gasteiger charge is -2.43. The Bertz CT molecular complexity index is 1160. The van der Waals surface area contributed by atoms with Crippen molar-refractivity contribution in [2.24, 2.45) is 0 Å². The highest BCUT2D eigenvalue weighted by atomic mass is 32.2. The highest BCUT2D eigenvalue weighted by Gasteiger charge is 2.37. The molecule has 0 radical (unpaired) electrons. The Hall–Kier alpha value is -2.30. The minimum Gasteiger partial charge on any atom is -0.378 e. The maximum Gasteiger partial charge on any atom is 0.232 e. The number of nitrogens with one attached hydrogen (secondary N) is 2. The SMILES string of the molecule is CCS(=O)(=O)Nc1ccc2c(c1)C(c1ccc(NC3CN(CCCF)C3)cn1)N(CC(C)(C)F)C(C)C2. The van der Waals surface area contributed by atoms with Gasteiger partial charge in [0.2, 0.25) is 10.0 Å². The molecule has 0 spiro atoms. The van der Waals surface area contributed by atoms with Gasteiger partial charge in [0.1, 0.15) is 5.67 Å². The van der Waals surface area contributed by atoms with Crippen molar-refractivity contribution < 1.29 is 17.2 Å². The van der Waals surface area contributed by atoms with Crippen LogP contribution in [0, 0.1) is 0 Å². The predicted molar refractivity (Wildman–Crippen MR) is 145 cm³/mol. The molecule has 204 valence electrons. The van der Waals surface area contributed by atoms with Crippen LogP contribution in [0.2, 0.25) is 0 Å². The van der Waals surface area contributed by atoms with E-state index in [1.807, 2.05) is 24.3 Å². The summed E-state index contributed by atoms with van der Waals surface area (Å²) in [6.45, 7) is 9.32. The number of anilines is 2. The molecule has 2 aromatic rings. The average molecular weight is 536 g/mol. The molecule has 0 saturated carbocycles. The third-order valence-electron chi connectivity index (χ3n) is 7.07. The van der Waals surface area contributed by atoms with E-state index in [9.17, 15) is 17.2 Å². The van der Waals surface area contributed by atoms with Crippen molar-refractivity contribution >= 4 is 21.4 Å². The number of sulfonamides is 1. The Morgan fingerprint density at radius 3 is 2.51 bits per heavy atom. The van der Waals surface area contributed by atoms with Crippen LogP contribution in [0.4, 0.5) is 20.2 Å². The summed E-state index contributed by atoms with van der Waals surface area (Å²) >= 11 is 0. The molecular formula is C27H39F2N5O2S. The number of hydrogen-bond donors (Lipinski definition) is 2. The van der Waals surface area contributed by atoms with Gasteiger partial charge in [-0.05, 0) is 75.9 Å². The van der Waals surface area contributed by atoms with Crippen LogP contribution in [0.1, 0.15) is 57.0 Å². The fraction of sp³-hybridized carbons (Fsp3) is 0.593. The van der Waals surface area contributed by atoms with Gasteiger partial charge in [-0.15, -0.1) is 0 Å². The van der Waals surface area contributed by atoms with E-state index < -0.39 is 15.7 Å². The first kappa shape index (κ1) is 27.7. The zero-order valence-corrected chi connectivity index (χ0v) is 23.0. The van der Waals surface area contributed by atoms with Crippen LogP contribution in [0.3, 0.4) is 0 Å². The Kier molecular flexibility index (Phi) is 8.40. The molecular weight excluding hydrogens is 496 g/mol. The Labute approximate surface area is 219 Å². The van der Waals surface area contributed by atoms with Gasteiger partial charge in [-0.2, -0.15) is 0 Å². The quantitative estimate of drug-likeness (QED) is 0.445. The Morgan fingerprint density at radius 1 is 1.16 bits per heavy atom. The number of fused-ring (bicyclic) bond motifs is 1. The lowest BCUT2D eigenvalue weighted by atomic mass is 9.85. The van der Waals surface area contributed by atoms with Crippen LogP contribution in [-0.4, -0.2) is 79.6 Å². The lowest BCUT2D eigenvalue weighted by molar-refractivity contribution is 0.0664. The standard InChI is InChI=1S/C27H39F2N5O2S/c1-5-37(35,36)32-21-8-7-20-13-19(2)34(18-27(3,4)29)26(24(20)14-21)25-10-9-22(15-30-25)31-23-16-33(17-23)12-6-11-28/h7-10,14-15,19,23,26,31-32H,5-6,11-13,16-18H2,1-4H3. The second-order valence-electron chi connectivity index (χ2n) is 10.9. The smallest absolute Gasteiger partial charge is 0.232 e. The summed E-state index contributed by atoms with van der Waals surface area (Å²) in [5.41, 5.74) is 2.83. The van der Waals surface area contributed by atoms with Gasteiger partial charge in [0.05, 0.1) is 42.1 Å². The number of rotatable bonds is 11. The molecule has 1 aromatic heterocycles. The Morgan fingerprint density at radius 2 is 1.89 bits per heavy atom. The van der Waals surface area contributed by atoms with Gasteiger partial charge in [0.15, 0.2) is 0 Å². The summed E-state index contributed by atoms with van der Waals surface area (Å²) in [5, 5.41) is 3.49. The van der Waals surface area contributed by atoms with E-state index in [4.69, 9.17) is 4.98 Å². The summed E-state index contributed by atoms with van der Waals surface area (Å²) in [6.07, 6.45) is 3.11. The molecule has 0 bridgehead atoms. The first-order valence-corrected chi connectivity index (χ1v) is 14.7. The van der Waals surface area contributed by atoms with Crippen LogP contribution in [0.5, 0.6) is 0 Å². The van der Waals surface area contributed by atoms with Crippen LogP contribution in [0.25, 0.3) is 0 Å². The molecule has 3 heterocycles. The molecule has 0 aliphatic carbocycles. The first-order valence-electron chi connectivity index (χ1n) is 13.1. The predicted octanol–water partition coefficient (Wildman–Crippen LogP) is 4.38. The first-order chi connectivity index (χ1) is 17.5. The minimum absolute atomic E-state index is 0.0165. The van der Waals surface area contributed by atoms with Crippen molar-refractivity contribution in [3.63, 3.8) is 0 Å². The summed E-state index contributed by atoms with van der Waals surface area (Å²) in [5.74, 6) is -0.0165. The molecule has 7 nitrogen and oxygen atoms in total. The van der Waals surface area contributed by atoms with E-state index >= 15 is 0 Å². The van der Waals surface area contributed by atoms with Crippen LogP contribution < -0.4 is 10.0 Å². The maximum absolute atomic E-state index is 14.9. The lowest BCUT2D eigenvalue weighted by Crippen LogP contribution is -2.54. The monoisotopic (exact) mass is 535 g/mol. The van der Waals surface area contributed by atoms with Crippen molar-refractivity contribution in [3.8, 4) is 0 Å². The molecule has 1 saturated heterocycles. The van der Waals surface area contributed by atoms with E-state index in [1.165, 1.54) is 0 Å². The number of alkyl halides is 2. The van der Waals surface area contributed by atoms with Crippen LogP contribution in [0.15, 0.2) is 36.5 Å². The molecule has 0 amide bonds. The van der Waals surface area contributed by atoms with Gasteiger partial charge in [-0.3, -0.25) is 23.9 Å². The number of pyridine rings is 1. The van der Waals surface area contributed by atoms with E-state index in [1.54, 1.807) is 33.0 Å². The average Bonchev–Trinajstić information content (AvgIpc) is 2.81. The van der Waals surface area contributed by atoms with Crippen molar-refractivity contribution in [1.29, 1.82) is 0 Å². The van der Waals surface area contributed by atoms with Gasteiger partial charge < -0.3 is 5.32 Å². The van der Waals surface area contributed by atoms with Gasteiger partial charge in [0.25, 0.3) is 0 Å². The number of aromatic nitrogens is 1. The van der Waals surface area contributed by atoms with E-state index in [2.05, 4.69) is 26.8 Å². The van der Waals surface area contributed by atoms with Crippen molar-refractivity contribution in [1.82, 2.24) is 14.8 Å². The molecule has 2 unspecified atom stereocenters. The highest BCUT2D eigenvalue weighted by molar-refractivity contribution is 7.92.